The normalized spacial score (nSPS) is 16.2. The summed E-state index contributed by atoms with van der Waals surface area (Å²) in [5, 5.41) is 1.14. The second-order valence-electron chi connectivity index (χ2n) is 5.69. The van der Waals surface area contributed by atoms with Crippen molar-refractivity contribution in [2.75, 3.05) is 44.7 Å². The lowest BCUT2D eigenvalue weighted by Gasteiger charge is -2.34. The van der Waals surface area contributed by atoms with Crippen molar-refractivity contribution in [1.82, 2.24) is 9.80 Å². The minimum atomic E-state index is -0.152. The Kier molecular flexibility index (Phi) is 11.0. The molecule has 0 N–H and O–H groups in total. The fourth-order valence-electron chi connectivity index (χ4n) is 2.68. The third kappa shape index (κ3) is 8.67. The van der Waals surface area contributed by atoms with E-state index in [4.69, 9.17) is 4.74 Å². The molecule has 1 aliphatic rings. The maximum absolute atomic E-state index is 11.6. The highest BCUT2D eigenvalue weighted by Gasteiger charge is 2.21. The predicted octanol–water partition coefficient (Wildman–Crippen LogP) is 3.89. The van der Waals surface area contributed by atoms with Gasteiger partial charge in [0.1, 0.15) is 0 Å². The maximum Gasteiger partial charge on any atom is 0.409 e. The second-order valence-corrected chi connectivity index (χ2v) is 6.48. The molecule has 0 atom stereocenters. The highest BCUT2D eigenvalue weighted by atomic mass is 79.9. The molecule has 1 amide bonds. The lowest BCUT2D eigenvalue weighted by atomic mass is 10.1. The van der Waals surface area contributed by atoms with Gasteiger partial charge in [0.15, 0.2) is 0 Å². The fourth-order valence-corrected chi connectivity index (χ4v) is 3.08. The first-order valence-corrected chi connectivity index (χ1v) is 9.60. The van der Waals surface area contributed by atoms with Crippen LogP contribution < -0.4 is 0 Å². The number of halogens is 1. The summed E-state index contributed by atoms with van der Waals surface area (Å²) < 4.78 is 5.04. The van der Waals surface area contributed by atoms with Crippen LogP contribution >= 0.6 is 15.9 Å². The van der Waals surface area contributed by atoms with Crippen LogP contribution in [0.2, 0.25) is 0 Å². The Morgan fingerprint density at radius 1 is 0.952 bits per heavy atom. The summed E-state index contributed by atoms with van der Waals surface area (Å²) in [4.78, 5) is 15.9. The van der Waals surface area contributed by atoms with Crippen LogP contribution in [0.1, 0.15) is 51.9 Å². The van der Waals surface area contributed by atoms with E-state index < -0.39 is 0 Å². The Morgan fingerprint density at radius 3 is 2.10 bits per heavy atom. The summed E-state index contributed by atoms with van der Waals surface area (Å²) in [5.74, 6) is 0. The Balaban J connectivity index is 1.95. The molecule has 124 valence electrons. The van der Waals surface area contributed by atoms with Gasteiger partial charge in [-0.05, 0) is 26.3 Å². The first kappa shape index (κ1) is 18.8. The number of carbonyl (C=O) groups excluding carboxylic acids is 1. The number of unbranched alkanes of at least 4 members (excludes halogenated alkanes) is 6. The van der Waals surface area contributed by atoms with Crippen molar-refractivity contribution in [3.8, 4) is 0 Å². The molecule has 0 aromatic rings. The first-order valence-electron chi connectivity index (χ1n) is 8.48. The minimum absolute atomic E-state index is 0.152. The monoisotopic (exact) mass is 362 g/mol. The van der Waals surface area contributed by atoms with Gasteiger partial charge in [0.25, 0.3) is 0 Å². The number of hydrogen-bond donors (Lipinski definition) is 0. The van der Waals surface area contributed by atoms with E-state index in [0.717, 1.165) is 31.5 Å². The van der Waals surface area contributed by atoms with Crippen LogP contribution in [-0.2, 0) is 4.74 Å². The Hall–Kier alpha value is -0.290. The van der Waals surface area contributed by atoms with Gasteiger partial charge in [-0.3, -0.25) is 4.90 Å². The number of alkyl halides is 1. The zero-order valence-electron chi connectivity index (χ0n) is 13.5. The summed E-state index contributed by atoms with van der Waals surface area (Å²) in [5.41, 5.74) is 0. The van der Waals surface area contributed by atoms with Gasteiger partial charge in [-0.2, -0.15) is 0 Å². The molecule has 4 nitrogen and oxygen atoms in total. The van der Waals surface area contributed by atoms with Crippen molar-refractivity contribution in [3.05, 3.63) is 0 Å². The van der Waals surface area contributed by atoms with E-state index in [0.29, 0.717) is 6.61 Å². The number of ether oxygens (including phenoxy) is 1. The summed E-state index contributed by atoms with van der Waals surface area (Å²) in [6, 6.07) is 0. The predicted molar refractivity (Wildman–Crippen MR) is 91.1 cm³/mol. The molecular formula is C16H31BrN2O2. The van der Waals surface area contributed by atoms with Gasteiger partial charge in [-0.25, -0.2) is 4.79 Å². The van der Waals surface area contributed by atoms with Gasteiger partial charge in [0.05, 0.1) is 6.61 Å². The smallest absolute Gasteiger partial charge is 0.409 e. The number of hydrogen-bond acceptors (Lipinski definition) is 3. The van der Waals surface area contributed by atoms with Gasteiger partial charge in [-0.1, -0.05) is 48.0 Å². The van der Waals surface area contributed by atoms with Crippen LogP contribution in [0, 0.1) is 0 Å². The molecule has 1 rings (SSSR count). The van der Waals surface area contributed by atoms with Crippen LogP contribution in [0.5, 0.6) is 0 Å². The quantitative estimate of drug-likeness (QED) is 0.436. The Morgan fingerprint density at radius 2 is 1.52 bits per heavy atom. The first-order chi connectivity index (χ1) is 10.3. The molecule has 5 heteroatoms. The third-order valence-electron chi connectivity index (χ3n) is 4.01. The summed E-state index contributed by atoms with van der Waals surface area (Å²) in [7, 11) is 0. The average molecular weight is 363 g/mol. The summed E-state index contributed by atoms with van der Waals surface area (Å²) >= 11 is 3.47. The van der Waals surface area contributed by atoms with Crippen molar-refractivity contribution in [2.24, 2.45) is 0 Å². The Bertz CT molecular complexity index is 269. The van der Waals surface area contributed by atoms with Crippen molar-refractivity contribution >= 4 is 22.0 Å². The molecular weight excluding hydrogens is 332 g/mol. The molecule has 1 aliphatic heterocycles. The average Bonchev–Trinajstić information content (AvgIpc) is 2.51. The van der Waals surface area contributed by atoms with Crippen molar-refractivity contribution < 1.29 is 9.53 Å². The van der Waals surface area contributed by atoms with Crippen LogP contribution in [0.15, 0.2) is 0 Å². The molecule has 0 bridgehead atoms. The Labute approximate surface area is 138 Å². The lowest BCUT2D eigenvalue weighted by Crippen LogP contribution is -2.49. The van der Waals surface area contributed by atoms with Gasteiger partial charge >= 0.3 is 6.09 Å². The van der Waals surface area contributed by atoms with E-state index in [1.54, 1.807) is 0 Å². The van der Waals surface area contributed by atoms with Crippen molar-refractivity contribution in [2.45, 2.75) is 51.9 Å². The standard InChI is InChI=1S/C16H31BrN2O2/c1-2-21-16(20)19-14-12-18(13-15-19)11-9-7-5-3-4-6-8-10-17/h2-15H2,1H3. The summed E-state index contributed by atoms with van der Waals surface area (Å²) in [6.07, 6.45) is 9.27. The molecule has 1 saturated heterocycles. The third-order valence-corrected chi connectivity index (χ3v) is 4.57. The highest BCUT2D eigenvalue weighted by molar-refractivity contribution is 9.09. The zero-order chi connectivity index (χ0) is 15.3. The van der Waals surface area contributed by atoms with Gasteiger partial charge in [0.2, 0.25) is 0 Å². The molecule has 21 heavy (non-hydrogen) atoms. The van der Waals surface area contributed by atoms with E-state index in [9.17, 15) is 4.79 Å². The molecule has 0 aromatic carbocycles. The molecule has 0 spiro atoms. The molecule has 0 aromatic heterocycles. The van der Waals surface area contributed by atoms with Crippen LogP contribution in [0.3, 0.4) is 0 Å². The zero-order valence-corrected chi connectivity index (χ0v) is 15.1. The SMILES string of the molecule is CCOC(=O)N1CCN(CCCCCCCCCBr)CC1. The molecule has 1 fully saturated rings. The number of nitrogens with zero attached hydrogens (tertiary/aromatic N) is 2. The number of carbonyl (C=O) groups is 1. The van der Waals surface area contributed by atoms with E-state index in [2.05, 4.69) is 20.8 Å². The lowest BCUT2D eigenvalue weighted by molar-refractivity contribution is 0.0792. The molecule has 1 heterocycles. The number of amides is 1. The number of rotatable bonds is 10. The van der Waals surface area contributed by atoms with Gasteiger partial charge < -0.3 is 9.64 Å². The van der Waals surface area contributed by atoms with E-state index >= 15 is 0 Å². The topological polar surface area (TPSA) is 32.8 Å². The van der Waals surface area contributed by atoms with Crippen molar-refractivity contribution in [3.63, 3.8) is 0 Å². The minimum Gasteiger partial charge on any atom is -0.450 e. The summed E-state index contributed by atoms with van der Waals surface area (Å²) in [6.45, 7) is 7.10. The van der Waals surface area contributed by atoms with Crippen LogP contribution in [0.4, 0.5) is 4.79 Å². The van der Waals surface area contributed by atoms with Gasteiger partial charge in [-0.15, -0.1) is 0 Å². The van der Waals surface area contributed by atoms with Crippen LogP contribution in [0.25, 0.3) is 0 Å². The second kappa shape index (κ2) is 12.3. The molecule has 0 saturated carbocycles. The van der Waals surface area contributed by atoms with E-state index in [1.807, 2.05) is 11.8 Å². The molecule has 0 aliphatic carbocycles. The molecule has 0 radical (unpaired) electrons. The number of piperazine rings is 1. The van der Waals surface area contributed by atoms with E-state index in [1.165, 1.54) is 51.5 Å². The van der Waals surface area contributed by atoms with E-state index in [-0.39, 0.29) is 6.09 Å². The largest absolute Gasteiger partial charge is 0.450 e. The fraction of sp³-hybridized carbons (Fsp3) is 0.938. The van der Waals surface area contributed by atoms with Gasteiger partial charge in [0, 0.05) is 31.5 Å². The maximum atomic E-state index is 11.6. The van der Waals surface area contributed by atoms with Crippen molar-refractivity contribution in [1.29, 1.82) is 0 Å². The highest BCUT2D eigenvalue weighted by Crippen LogP contribution is 2.10. The van der Waals surface area contributed by atoms with Crippen LogP contribution in [-0.4, -0.2) is 60.6 Å². The molecule has 0 unspecified atom stereocenters.